The van der Waals surface area contributed by atoms with Crippen LogP contribution in [-0.4, -0.2) is 14.9 Å². The zero-order valence-corrected chi connectivity index (χ0v) is 10.0. The average Bonchev–Trinajstić information content (AvgIpc) is 2.62. The molecule has 1 unspecified atom stereocenters. The molecule has 0 aliphatic rings. The van der Waals surface area contributed by atoms with Crippen LogP contribution in [0.1, 0.15) is 17.4 Å². The lowest BCUT2D eigenvalue weighted by Crippen LogP contribution is -2.08. The van der Waals surface area contributed by atoms with E-state index in [1.54, 1.807) is 19.2 Å². The zero-order valence-electron chi connectivity index (χ0n) is 9.27. The Morgan fingerprint density at radius 2 is 2.06 bits per heavy atom. The second-order valence-corrected chi connectivity index (χ2v) is 4.25. The average molecular weight is 255 g/mol. The van der Waals surface area contributed by atoms with E-state index in [0.29, 0.717) is 17.1 Å². The Morgan fingerprint density at radius 3 is 2.59 bits per heavy atom. The van der Waals surface area contributed by atoms with Gasteiger partial charge in [-0.3, -0.25) is 4.68 Å². The van der Waals surface area contributed by atoms with Gasteiger partial charge in [0.25, 0.3) is 0 Å². The lowest BCUT2D eigenvalue weighted by Gasteiger charge is -2.11. The van der Waals surface area contributed by atoms with Crippen molar-refractivity contribution < 1.29 is 9.50 Å². The number of hydrogen-bond donors (Lipinski definition) is 1. The Hall–Kier alpha value is -1.39. The summed E-state index contributed by atoms with van der Waals surface area (Å²) in [6, 6.07) is 6.02. The molecule has 0 spiro atoms. The van der Waals surface area contributed by atoms with Gasteiger partial charge in [-0.15, -0.1) is 0 Å². The van der Waals surface area contributed by atoms with Crippen molar-refractivity contribution in [1.29, 1.82) is 0 Å². The van der Waals surface area contributed by atoms with Gasteiger partial charge >= 0.3 is 0 Å². The van der Waals surface area contributed by atoms with Gasteiger partial charge in [0.1, 0.15) is 11.9 Å². The summed E-state index contributed by atoms with van der Waals surface area (Å²) in [5.41, 5.74) is 1.41. The molecule has 1 aromatic heterocycles. The Balaban J connectivity index is 2.17. The van der Waals surface area contributed by atoms with Crippen molar-refractivity contribution in [2.24, 2.45) is 7.05 Å². The summed E-state index contributed by atoms with van der Waals surface area (Å²) in [5.74, 6) is -0.290. The Morgan fingerprint density at radius 1 is 1.41 bits per heavy atom. The minimum absolute atomic E-state index is 0.290. The number of aliphatic hydroxyl groups is 1. The molecule has 0 radical (unpaired) electrons. The van der Waals surface area contributed by atoms with Gasteiger partial charge in [0.2, 0.25) is 0 Å². The van der Waals surface area contributed by atoms with Gasteiger partial charge in [-0.2, -0.15) is 5.10 Å². The molecule has 2 aromatic rings. The van der Waals surface area contributed by atoms with E-state index in [2.05, 4.69) is 5.10 Å². The molecule has 2 rings (SSSR count). The number of aliphatic hydroxyl groups excluding tert-OH is 1. The highest BCUT2D eigenvalue weighted by molar-refractivity contribution is 6.31. The lowest BCUT2D eigenvalue weighted by molar-refractivity contribution is 0.168. The number of aromatic nitrogens is 2. The largest absolute Gasteiger partial charge is 0.386 e. The van der Waals surface area contributed by atoms with E-state index in [-0.39, 0.29) is 5.82 Å². The summed E-state index contributed by atoms with van der Waals surface area (Å²) in [5, 5.41) is 14.4. The summed E-state index contributed by atoms with van der Waals surface area (Å²) >= 11 is 5.93. The van der Waals surface area contributed by atoms with E-state index < -0.39 is 6.10 Å². The van der Waals surface area contributed by atoms with Crippen LogP contribution in [0.2, 0.25) is 5.02 Å². The molecule has 0 aliphatic heterocycles. The summed E-state index contributed by atoms with van der Waals surface area (Å²) < 4.78 is 14.3. The molecule has 0 saturated carbocycles. The summed E-state index contributed by atoms with van der Waals surface area (Å²) in [6.07, 6.45) is 1.12. The highest BCUT2D eigenvalue weighted by Crippen LogP contribution is 2.24. The van der Waals surface area contributed by atoms with Crippen LogP contribution in [0.5, 0.6) is 0 Å². The van der Waals surface area contributed by atoms with Crippen LogP contribution in [0.3, 0.4) is 0 Å². The molecule has 90 valence electrons. The van der Waals surface area contributed by atoms with Gasteiger partial charge in [0.05, 0.1) is 16.9 Å². The predicted octanol–water partition coefficient (Wildman–Crippen LogP) is 2.49. The first kappa shape index (κ1) is 12.1. The first-order valence-electron chi connectivity index (χ1n) is 5.18. The molecule has 1 N–H and O–H groups in total. The minimum atomic E-state index is -0.750. The maximum Gasteiger partial charge on any atom is 0.123 e. The Labute approximate surface area is 103 Å². The maximum atomic E-state index is 12.7. The molecular formula is C12H12ClFN2O. The topological polar surface area (TPSA) is 38.0 Å². The molecule has 1 aromatic carbocycles. The van der Waals surface area contributed by atoms with Gasteiger partial charge in [-0.1, -0.05) is 23.7 Å². The van der Waals surface area contributed by atoms with Crippen LogP contribution in [0.4, 0.5) is 4.39 Å². The molecule has 5 heteroatoms. The molecule has 3 nitrogen and oxygen atoms in total. The van der Waals surface area contributed by atoms with E-state index in [9.17, 15) is 9.50 Å². The van der Waals surface area contributed by atoms with Crippen molar-refractivity contribution in [3.05, 3.63) is 52.6 Å². The smallest absolute Gasteiger partial charge is 0.123 e. The monoisotopic (exact) mass is 254 g/mol. The van der Waals surface area contributed by atoms with E-state index in [0.717, 1.165) is 5.56 Å². The fourth-order valence-electron chi connectivity index (χ4n) is 1.74. The second kappa shape index (κ2) is 4.85. The van der Waals surface area contributed by atoms with Crippen LogP contribution < -0.4 is 0 Å². The van der Waals surface area contributed by atoms with Crippen molar-refractivity contribution >= 4 is 11.6 Å². The van der Waals surface area contributed by atoms with Crippen molar-refractivity contribution in [2.75, 3.05) is 0 Å². The Kier molecular flexibility index (Phi) is 3.45. The highest BCUT2D eigenvalue weighted by Gasteiger charge is 2.16. The van der Waals surface area contributed by atoms with Crippen LogP contribution in [0.25, 0.3) is 0 Å². The van der Waals surface area contributed by atoms with Crippen LogP contribution in [0.15, 0.2) is 30.5 Å². The molecule has 1 heterocycles. The molecule has 1 atom stereocenters. The zero-order chi connectivity index (χ0) is 12.4. The van der Waals surface area contributed by atoms with Gasteiger partial charge in [0.15, 0.2) is 0 Å². The van der Waals surface area contributed by atoms with E-state index in [1.807, 2.05) is 0 Å². The molecule has 0 bridgehead atoms. The number of nitrogens with zero attached hydrogens (tertiary/aromatic N) is 2. The third-order valence-corrected chi connectivity index (χ3v) is 2.89. The van der Waals surface area contributed by atoms with E-state index in [4.69, 9.17) is 11.6 Å². The van der Waals surface area contributed by atoms with Crippen molar-refractivity contribution in [2.45, 2.75) is 12.5 Å². The van der Waals surface area contributed by atoms with E-state index in [1.165, 1.54) is 23.0 Å². The summed E-state index contributed by atoms with van der Waals surface area (Å²) in [6.45, 7) is 0. The third kappa shape index (κ3) is 2.65. The second-order valence-electron chi connectivity index (χ2n) is 3.85. The van der Waals surface area contributed by atoms with Gasteiger partial charge in [-0.25, -0.2) is 4.39 Å². The SMILES string of the molecule is Cn1ncc(Cl)c1C(O)Cc1ccc(F)cc1. The van der Waals surface area contributed by atoms with Crippen molar-refractivity contribution in [3.8, 4) is 0 Å². The number of halogens is 2. The Bertz CT molecular complexity index is 490. The number of aryl methyl sites for hydroxylation is 1. The van der Waals surface area contributed by atoms with Crippen molar-refractivity contribution in [1.82, 2.24) is 9.78 Å². The standard InChI is InChI=1S/C12H12ClFN2O/c1-16-12(10(13)7-15-16)11(17)6-8-2-4-9(14)5-3-8/h2-5,7,11,17H,6H2,1H3. The molecule has 17 heavy (non-hydrogen) atoms. The predicted molar refractivity (Wildman–Crippen MR) is 63.3 cm³/mol. The van der Waals surface area contributed by atoms with E-state index >= 15 is 0 Å². The quantitative estimate of drug-likeness (QED) is 0.914. The van der Waals surface area contributed by atoms with Gasteiger partial charge in [0, 0.05) is 13.5 Å². The fourth-order valence-corrected chi connectivity index (χ4v) is 2.03. The number of hydrogen-bond acceptors (Lipinski definition) is 2. The maximum absolute atomic E-state index is 12.7. The molecule has 0 aliphatic carbocycles. The molecule has 0 saturated heterocycles. The highest BCUT2D eigenvalue weighted by atomic mass is 35.5. The van der Waals surface area contributed by atoms with Crippen LogP contribution in [-0.2, 0) is 13.5 Å². The van der Waals surface area contributed by atoms with Crippen LogP contribution >= 0.6 is 11.6 Å². The first-order valence-corrected chi connectivity index (χ1v) is 5.55. The number of rotatable bonds is 3. The first-order chi connectivity index (χ1) is 8.08. The fraction of sp³-hybridized carbons (Fsp3) is 0.250. The lowest BCUT2D eigenvalue weighted by atomic mass is 10.1. The summed E-state index contributed by atoms with van der Waals surface area (Å²) in [4.78, 5) is 0. The molecule has 0 fully saturated rings. The minimum Gasteiger partial charge on any atom is -0.386 e. The summed E-state index contributed by atoms with van der Waals surface area (Å²) in [7, 11) is 1.72. The normalized spacial score (nSPS) is 12.7. The molecular weight excluding hydrogens is 243 g/mol. The van der Waals surface area contributed by atoms with Gasteiger partial charge in [-0.05, 0) is 17.7 Å². The van der Waals surface area contributed by atoms with Gasteiger partial charge < -0.3 is 5.11 Å². The number of benzene rings is 1. The third-order valence-electron chi connectivity index (χ3n) is 2.60. The molecule has 0 amide bonds. The van der Waals surface area contributed by atoms with Crippen LogP contribution in [0, 0.1) is 5.82 Å². The van der Waals surface area contributed by atoms with Crippen molar-refractivity contribution in [3.63, 3.8) is 0 Å².